The first-order valence-electron chi connectivity index (χ1n) is 8.88. The molecule has 1 aromatic carbocycles. The van der Waals surface area contributed by atoms with E-state index in [1.807, 2.05) is 19.2 Å². The van der Waals surface area contributed by atoms with Gasteiger partial charge in [-0.2, -0.15) is 0 Å². The van der Waals surface area contributed by atoms with Crippen LogP contribution in [0.4, 0.5) is 0 Å². The van der Waals surface area contributed by atoms with Gasteiger partial charge in [0.25, 0.3) is 0 Å². The van der Waals surface area contributed by atoms with Gasteiger partial charge in [0.15, 0.2) is 0 Å². The van der Waals surface area contributed by atoms with Crippen LogP contribution in [0.2, 0.25) is 0 Å². The zero-order chi connectivity index (χ0) is 18.1. The van der Waals surface area contributed by atoms with Gasteiger partial charge in [-0.25, -0.2) is 0 Å². The Balaban J connectivity index is 1.50. The third-order valence-corrected chi connectivity index (χ3v) is 5.15. The van der Waals surface area contributed by atoms with Crippen molar-refractivity contribution in [3.63, 3.8) is 0 Å². The number of benzene rings is 1. The Labute approximate surface area is 151 Å². The third-order valence-electron chi connectivity index (χ3n) is 5.15. The molecular weight excluding hydrogens is 330 g/mol. The zero-order valence-electron chi connectivity index (χ0n) is 15.1. The first-order chi connectivity index (χ1) is 12.6. The molecule has 1 saturated carbocycles. The highest BCUT2D eigenvalue weighted by Gasteiger charge is 2.44. The molecular formula is C19H23N5O2. The number of aryl methyl sites for hydroxylation is 2. The van der Waals surface area contributed by atoms with Crippen LogP contribution in [0.1, 0.15) is 31.0 Å². The molecule has 0 atom stereocenters. The van der Waals surface area contributed by atoms with E-state index in [0.717, 1.165) is 53.7 Å². The normalized spacial score (nSPS) is 15.2. The lowest BCUT2D eigenvalue weighted by molar-refractivity contribution is -0.125. The summed E-state index contributed by atoms with van der Waals surface area (Å²) in [7, 11) is 1.68. The van der Waals surface area contributed by atoms with Crippen molar-refractivity contribution in [3.8, 4) is 5.75 Å². The van der Waals surface area contributed by atoms with Gasteiger partial charge in [-0.3, -0.25) is 9.48 Å². The fourth-order valence-electron chi connectivity index (χ4n) is 3.14. The Hall–Kier alpha value is -2.83. The number of aromatic amines is 1. The van der Waals surface area contributed by atoms with Gasteiger partial charge in [-0.05, 0) is 43.0 Å². The molecule has 7 nitrogen and oxygen atoms in total. The van der Waals surface area contributed by atoms with Crippen LogP contribution in [0.3, 0.4) is 0 Å². The van der Waals surface area contributed by atoms with Crippen LogP contribution in [0, 0.1) is 5.41 Å². The van der Waals surface area contributed by atoms with Crippen molar-refractivity contribution in [1.29, 1.82) is 0 Å². The second kappa shape index (κ2) is 6.48. The van der Waals surface area contributed by atoms with E-state index in [2.05, 4.69) is 32.7 Å². The molecule has 2 N–H and O–H groups in total. The van der Waals surface area contributed by atoms with E-state index in [0.29, 0.717) is 6.54 Å². The largest absolute Gasteiger partial charge is 0.496 e. The molecule has 1 aliphatic carbocycles. The molecule has 7 heteroatoms. The molecule has 3 aromatic rings. The fraction of sp³-hybridized carbons (Fsp3) is 0.421. The quantitative estimate of drug-likeness (QED) is 0.683. The van der Waals surface area contributed by atoms with E-state index in [9.17, 15) is 4.79 Å². The van der Waals surface area contributed by atoms with E-state index in [1.165, 1.54) is 0 Å². The minimum atomic E-state index is -0.149. The van der Waals surface area contributed by atoms with Crippen LogP contribution >= 0.6 is 0 Å². The zero-order valence-corrected chi connectivity index (χ0v) is 15.1. The summed E-state index contributed by atoms with van der Waals surface area (Å²) in [6, 6.07) is 6.21. The topological polar surface area (TPSA) is 84.8 Å². The smallest absolute Gasteiger partial charge is 0.226 e. The SMILES string of the molecule is COc1cc2cc(CNC(=O)C3(C)CC3)[nH]c2cc1CCn1ccnn1. The average molecular weight is 353 g/mol. The summed E-state index contributed by atoms with van der Waals surface area (Å²) in [5, 5.41) is 11.9. The lowest BCUT2D eigenvalue weighted by Gasteiger charge is -2.09. The third kappa shape index (κ3) is 3.29. The molecule has 136 valence electrons. The summed E-state index contributed by atoms with van der Waals surface area (Å²) in [6.45, 7) is 3.27. The minimum absolute atomic E-state index is 0.141. The number of carbonyl (C=O) groups is 1. The summed E-state index contributed by atoms with van der Waals surface area (Å²) >= 11 is 0. The number of amides is 1. The van der Waals surface area contributed by atoms with E-state index < -0.39 is 0 Å². The molecule has 0 saturated heterocycles. The molecule has 1 fully saturated rings. The Bertz CT molecular complexity index is 925. The van der Waals surface area contributed by atoms with Crippen molar-refractivity contribution < 1.29 is 9.53 Å². The van der Waals surface area contributed by atoms with Crippen LogP contribution in [0.15, 0.2) is 30.6 Å². The summed E-state index contributed by atoms with van der Waals surface area (Å²) in [5.41, 5.74) is 3.00. The van der Waals surface area contributed by atoms with E-state index in [1.54, 1.807) is 18.0 Å². The number of hydrogen-bond donors (Lipinski definition) is 2. The Morgan fingerprint density at radius 2 is 2.23 bits per heavy atom. The first-order valence-corrected chi connectivity index (χ1v) is 8.88. The molecule has 0 bridgehead atoms. The highest BCUT2D eigenvalue weighted by atomic mass is 16.5. The Morgan fingerprint density at radius 1 is 1.38 bits per heavy atom. The van der Waals surface area contributed by atoms with Gasteiger partial charge in [0.1, 0.15) is 5.75 Å². The Morgan fingerprint density at radius 3 is 2.92 bits per heavy atom. The number of rotatable bonds is 7. The molecule has 2 aromatic heterocycles. The van der Waals surface area contributed by atoms with Gasteiger partial charge in [-0.15, -0.1) is 5.10 Å². The Kier molecular flexibility index (Phi) is 4.14. The van der Waals surface area contributed by atoms with Crippen LogP contribution in [-0.4, -0.2) is 33.0 Å². The molecule has 1 aliphatic rings. The number of nitrogens with one attached hydrogen (secondary N) is 2. The predicted molar refractivity (Wildman–Crippen MR) is 97.8 cm³/mol. The van der Waals surface area contributed by atoms with Crippen LogP contribution in [-0.2, 0) is 24.3 Å². The predicted octanol–water partition coefficient (Wildman–Crippen LogP) is 2.43. The van der Waals surface area contributed by atoms with Gasteiger partial charge in [0.2, 0.25) is 5.91 Å². The van der Waals surface area contributed by atoms with Crippen molar-refractivity contribution in [1.82, 2.24) is 25.3 Å². The number of hydrogen-bond acceptors (Lipinski definition) is 4. The lowest BCUT2D eigenvalue weighted by Crippen LogP contribution is -2.29. The number of methoxy groups -OCH3 is 1. The lowest BCUT2D eigenvalue weighted by atomic mass is 10.1. The molecule has 4 rings (SSSR count). The highest BCUT2D eigenvalue weighted by Crippen LogP contribution is 2.45. The summed E-state index contributed by atoms with van der Waals surface area (Å²) < 4.78 is 7.36. The molecule has 0 unspecified atom stereocenters. The van der Waals surface area contributed by atoms with Crippen molar-refractivity contribution in [2.75, 3.05) is 7.11 Å². The van der Waals surface area contributed by atoms with Gasteiger partial charge >= 0.3 is 0 Å². The summed E-state index contributed by atoms with van der Waals surface area (Å²) in [5.74, 6) is 1.000. The monoisotopic (exact) mass is 353 g/mol. The number of carbonyl (C=O) groups excluding carboxylic acids is 1. The summed E-state index contributed by atoms with van der Waals surface area (Å²) in [6.07, 6.45) is 6.29. The number of ether oxygens (including phenoxy) is 1. The van der Waals surface area contributed by atoms with Crippen LogP contribution in [0.5, 0.6) is 5.75 Å². The van der Waals surface area contributed by atoms with Crippen LogP contribution in [0.25, 0.3) is 10.9 Å². The average Bonchev–Trinajstić information content (AvgIpc) is 3.06. The number of nitrogens with zero attached hydrogens (tertiary/aromatic N) is 3. The number of aromatic nitrogens is 4. The van der Waals surface area contributed by atoms with Gasteiger partial charge < -0.3 is 15.0 Å². The highest BCUT2D eigenvalue weighted by molar-refractivity contribution is 5.85. The second-order valence-electron chi connectivity index (χ2n) is 7.21. The summed E-state index contributed by atoms with van der Waals surface area (Å²) in [4.78, 5) is 15.5. The van der Waals surface area contributed by atoms with Crippen molar-refractivity contribution >= 4 is 16.8 Å². The molecule has 2 heterocycles. The minimum Gasteiger partial charge on any atom is -0.496 e. The molecule has 1 amide bonds. The standard InChI is InChI=1S/C19H23N5O2/c1-19(4-5-19)18(25)20-12-15-9-14-11-17(26-2)13(10-16(14)22-15)3-7-24-8-6-21-23-24/h6,8-11,22H,3-5,7,12H2,1-2H3,(H,20,25). The second-order valence-corrected chi connectivity index (χ2v) is 7.21. The van der Waals surface area contributed by atoms with E-state index in [-0.39, 0.29) is 11.3 Å². The van der Waals surface area contributed by atoms with Gasteiger partial charge in [0, 0.05) is 34.8 Å². The van der Waals surface area contributed by atoms with E-state index in [4.69, 9.17) is 4.74 Å². The van der Waals surface area contributed by atoms with Crippen molar-refractivity contribution in [3.05, 3.63) is 41.9 Å². The maximum absolute atomic E-state index is 12.1. The fourth-order valence-corrected chi connectivity index (χ4v) is 3.14. The van der Waals surface area contributed by atoms with Crippen LogP contribution < -0.4 is 10.1 Å². The van der Waals surface area contributed by atoms with Gasteiger partial charge in [-0.1, -0.05) is 12.1 Å². The number of H-pyrrole nitrogens is 1. The van der Waals surface area contributed by atoms with Crippen molar-refractivity contribution in [2.24, 2.45) is 5.41 Å². The molecule has 0 spiro atoms. The maximum atomic E-state index is 12.1. The molecule has 0 aliphatic heterocycles. The first kappa shape index (κ1) is 16.6. The number of fused-ring (bicyclic) bond motifs is 1. The molecule has 26 heavy (non-hydrogen) atoms. The van der Waals surface area contributed by atoms with Gasteiger partial charge in [0.05, 0.1) is 19.9 Å². The van der Waals surface area contributed by atoms with Crippen molar-refractivity contribution in [2.45, 2.75) is 39.3 Å². The molecule has 0 radical (unpaired) electrons. The van der Waals surface area contributed by atoms with E-state index >= 15 is 0 Å². The maximum Gasteiger partial charge on any atom is 0.226 e.